The van der Waals surface area contributed by atoms with Crippen molar-refractivity contribution in [2.75, 3.05) is 0 Å². The molecule has 1 aliphatic heterocycles. The van der Waals surface area contributed by atoms with E-state index in [0.717, 1.165) is 5.56 Å². The van der Waals surface area contributed by atoms with Crippen LogP contribution in [-0.4, -0.2) is 11.9 Å². The number of carbonyl (C=O) groups is 1. The molecule has 0 radical (unpaired) electrons. The van der Waals surface area contributed by atoms with Gasteiger partial charge in [-0.15, -0.1) is 0 Å². The molecule has 3 nitrogen and oxygen atoms in total. The van der Waals surface area contributed by atoms with E-state index >= 15 is 0 Å². The fraction of sp³-hybridized carbons (Fsp3) is 0. The Kier molecular flexibility index (Phi) is 4.21. The van der Waals surface area contributed by atoms with Gasteiger partial charge in [0, 0.05) is 10.0 Å². The van der Waals surface area contributed by atoms with Crippen LogP contribution >= 0.6 is 34.8 Å². The number of hydrogen-bond acceptors (Lipinski definition) is 3. The van der Waals surface area contributed by atoms with Crippen LogP contribution in [0.5, 0.6) is 0 Å². The van der Waals surface area contributed by atoms with Gasteiger partial charge in [0.2, 0.25) is 5.90 Å². The number of cyclic esters (lactones) is 1. The zero-order valence-corrected chi connectivity index (χ0v) is 13.3. The molecular formula is C16H8Cl3NO2. The lowest BCUT2D eigenvalue weighted by Gasteiger charge is -2.02. The molecule has 0 saturated carbocycles. The molecule has 0 saturated heterocycles. The van der Waals surface area contributed by atoms with Crippen LogP contribution in [-0.2, 0) is 9.53 Å². The molecule has 0 unspecified atom stereocenters. The van der Waals surface area contributed by atoms with Crippen molar-refractivity contribution < 1.29 is 9.53 Å². The summed E-state index contributed by atoms with van der Waals surface area (Å²) >= 11 is 17.8. The van der Waals surface area contributed by atoms with E-state index in [-0.39, 0.29) is 11.6 Å². The van der Waals surface area contributed by atoms with Crippen molar-refractivity contribution >= 4 is 52.7 Å². The lowest BCUT2D eigenvalue weighted by atomic mass is 10.2. The number of rotatable bonds is 2. The van der Waals surface area contributed by atoms with E-state index in [2.05, 4.69) is 4.99 Å². The van der Waals surface area contributed by atoms with E-state index in [9.17, 15) is 4.79 Å². The van der Waals surface area contributed by atoms with Gasteiger partial charge in [-0.05, 0) is 42.0 Å². The first-order valence-electron chi connectivity index (χ1n) is 6.26. The molecule has 0 aliphatic carbocycles. The van der Waals surface area contributed by atoms with E-state index < -0.39 is 5.97 Å². The number of halogens is 3. The Morgan fingerprint density at radius 3 is 2.36 bits per heavy atom. The molecule has 0 bridgehead atoms. The minimum Gasteiger partial charge on any atom is -0.402 e. The third-order valence-corrected chi connectivity index (χ3v) is 3.77. The highest BCUT2D eigenvalue weighted by molar-refractivity contribution is 6.36. The maximum atomic E-state index is 11.9. The summed E-state index contributed by atoms with van der Waals surface area (Å²) in [6.07, 6.45) is 1.62. The second-order valence-corrected chi connectivity index (χ2v) is 5.79. The van der Waals surface area contributed by atoms with Crippen LogP contribution in [0, 0.1) is 0 Å². The zero-order valence-electron chi connectivity index (χ0n) is 11.0. The molecule has 110 valence electrons. The number of hydrogen-bond donors (Lipinski definition) is 0. The Bertz CT molecular complexity index is 811. The van der Waals surface area contributed by atoms with Crippen molar-refractivity contribution in [1.29, 1.82) is 0 Å². The van der Waals surface area contributed by atoms with E-state index in [1.807, 2.05) is 0 Å². The Balaban J connectivity index is 1.97. The van der Waals surface area contributed by atoms with Gasteiger partial charge >= 0.3 is 5.97 Å². The monoisotopic (exact) mass is 351 g/mol. The molecule has 1 heterocycles. The Hall–Kier alpha value is -1.81. The van der Waals surface area contributed by atoms with Crippen molar-refractivity contribution in [3.63, 3.8) is 0 Å². The summed E-state index contributed by atoms with van der Waals surface area (Å²) in [5.41, 5.74) is 1.45. The largest absolute Gasteiger partial charge is 0.402 e. The SMILES string of the molecule is O=C1OC(c2cc(Cl)ccc2Cl)=N/C1=C\c1ccc(Cl)cc1. The molecule has 0 spiro atoms. The van der Waals surface area contributed by atoms with Gasteiger partial charge in [-0.25, -0.2) is 9.79 Å². The summed E-state index contributed by atoms with van der Waals surface area (Å²) in [6, 6.07) is 11.9. The molecule has 0 fully saturated rings. The molecule has 6 heteroatoms. The van der Waals surface area contributed by atoms with Gasteiger partial charge in [0.15, 0.2) is 5.70 Å². The van der Waals surface area contributed by atoms with Gasteiger partial charge < -0.3 is 4.74 Å². The van der Waals surface area contributed by atoms with Crippen LogP contribution in [0.15, 0.2) is 53.2 Å². The van der Waals surface area contributed by atoms with Crippen LogP contribution in [0.3, 0.4) is 0 Å². The van der Waals surface area contributed by atoms with Gasteiger partial charge in [-0.1, -0.05) is 46.9 Å². The zero-order chi connectivity index (χ0) is 15.7. The minimum absolute atomic E-state index is 0.137. The molecule has 1 aliphatic rings. The third kappa shape index (κ3) is 3.17. The van der Waals surface area contributed by atoms with Crippen LogP contribution in [0.2, 0.25) is 15.1 Å². The molecule has 0 N–H and O–H groups in total. The first-order valence-corrected chi connectivity index (χ1v) is 7.40. The number of aliphatic imine (C=N–C) groups is 1. The van der Waals surface area contributed by atoms with Gasteiger partial charge in [-0.2, -0.15) is 0 Å². The normalized spacial score (nSPS) is 15.9. The smallest absolute Gasteiger partial charge is 0.363 e. The molecule has 2 aromatic carbocycles. The van der Waals surface area contributed by atoms with Gasteiger partial charge in [0.05, 0.1) is 10.6 Å². The molecule has 3 rings (SSSR count). The van der Waals surface area contributed by atoms with Gasteiger partial charge in [0.1, 0.15) is 0 Å². The van der Waals surface area contributed by atoms with Crippen LogP contribution in [0.4, 0.5) is 0 Å². The van der Waals surface area contributed by atoms with E-state index in [1.165, 1.54) is 0 Å². The average Bonchev–Trinajstić information content (AvgIpc) is 2.85. The standard InChI is InChI=1S/C16H8Cl3NO2/c17-10-3-1-9(2-4-10)7-14-16(21)22-15(20-14)12-8-11(18)5-6-13(12)19/h1-8H/b14-7-. The van der Waals surface area contributed by atoms with Gasteiger partial charge in [0.25, 0.3) is 0 Å². The lowest BCUT2D eigenvalue weighted by Crippen LogP contribution is -2.06. The molecule has 2 aromatic rings. The van der Waals surface area contributed by atoms with Gasteiger partial charge in [-0.3, -0.25) is 0 Å². The van der Waals surface area contributed by atoms with Crippen LogP contribution < -0.4 is 0 Å². The predicted octanol–water partition coefficient (Wildman–Crippen LogP) is 4.99. The van der Waals surface area contributed by atoms with E-state index in [0.29, 0.717) is 20.6 Å². The number of carbonyl (C=O) groups excluding carboxylic acids is 1. The van der Waals surface area contributed by atoms with E-state index in [4.69, 9.17) is 39.5 Å². The van der Waals surface area contributed by atoms with Crippen LogP contribution in [0.1, 0.15) is 11.1 Å². The highest BCUT2D eigenvalue weighted by Crippen LogP contribution is 2.26. The number of ether oxygens (including phenoxy) is 1. The molecule has 0 amide bonds. The first-order chi connectivity index (χ1) is 10.5. The lowest BCUT2D eigenvalue weighted by molar-refractivity contribution is -0.129. The highest BCUT2D eigenvalue weighted by atomic mass is 35.5. The summed E-state index contributed by atoms with van der Waals surface area (Å²) in [7, 11) is 0. The number of benzene rings is 2. The molecule has 0 atom stereocenters. The second-order valence-electron chi connectivity index (χ2n) is 4.51. The Morgan fingerprint density at radius 2 is 1.64 bits per heavy atom. The van der Waals surface area contributed by atoms with Crippen molar-refractivity contribution in [2.24, 2.45) is 4.99 Å². The van der Waals surface area contributed by atoms with Crippen molar-refractivity contribution in [3.05, 3.63) is 74.4 Å². The topological polar surface area (TPSA) is 38.7 Å². The maximum Gasteiger partial charge on any atom is 0.363 e. The summed E-state index contributed by atoms with van der Waals surface area (Å²) in [5.74, 6) is -0.404. The Morgan fingerprint density at radius 1 is 0.955 bits per heavy atom. The van der Waals surface area contributed by atoms with Crippen molar-refractivity contribution in [2.45, 2.75) is 0 Å². The average molecular weight is 353 g/mol. The number of esters is 1. The molecule has 22 heavy (non-hydrogen) atoms. The molecular weight excluding hydrogens is 345 g/mol. The minimum atomic E-state index is -0.541. The van der Waals surface area contributed by atoms with Crippen molar-refractivity contribution in [1.82, 2.24) is 0 Å². The van der Waals surface area contributed by atoms with Crippen LogP contribution in [0.25, 0.3) is 6.08 Å². The summed E-state index contributed by atoms with van der Waals surface area (Å²) in [5, 5.41) is 1.50. The fourth-order valence-electron chi connectivity index (χ4n) is 1.90. The Labute approximate surface area is 141 Å². The highest BCUT2D eigenvalue weighted by Gasteiger charge is 2.25. The number of nitrogens with zero attached hydrogens (tertiary/aromatic N) is 1. The van der Waals surface area contributed by atoms with Crippen molar-refractivity contribution in [3.8, 4) is 0 Å². The summed E-state index contributed by atoms with van der Waals surface area (Å²) in [4.78, 5) is 16.1. The molecule has 0 aromatic heterocycles. The maximum absolute atomic E-state index is 11.9. The quantitative estimate of drug-likeness (QED) is 0.564. The fourth-order valence-corrected chi connectivity index (χ4v) is 2.40. The van der Waals surface area contributed by atoms with E-state index in [1.54, 1.807) is 48.5 Å². The predicted molar refractivity (Wildman–Crippen MR) is 88.5 cm³/mol. The first kappa shape index (κ1) is 15.1. The summed E-state index contributed by atoms with van der Waals surface area (Å²) < 4.78 is 5.17. The third-order valence-electron chi connectivity index (χ3n) is 2.95. The second kappa shape index (κ2) is 6.13. The summed E-state index contributed by atoms with van der Waals surface area (Å²) in [6.45, 7) is 0.